The maximum Gasteiger partial charge on any atom is 0.329 e. The SMILES string of the molecule is Cn1c(N2CCC(=O)NC2=O)cnc1-c1ccc2c(c1)CN(CC1CCN(c3cccc(Cl)c3)CC1)C2. The number of benzene rings is 2. The van der Waals surface area contributed by atoms with Crippen LogP contribution in [0, 0.1) is 5.92 Å². The third kappa shape index (κ3) is 4.83. The van der Waals surface area contributed by atoms with Gasteiger partial charge in [-0.15, -0.1) is 0 Å². The van der Waals surface area contributed by atoms with Gasteiger partial charge in [-0.25, -0.2) is 9.78 Å². The molecule has 1 aromatic heterocycles. The lowest BCUT2D eigenvalue weighted by molar-refractivity contribution is -0.120. The Labute approximate surface area is 221 Å². The summed E-state index contributed by atoms with van der Waals surface area (Å²) < 4.78 is 1.93. The average Bonchev–Trinajstić information content (AvgIpc) is 3.46. The quantitative estimate of drug-likeness (QED) is 0.541. The summed E-state index contributed by atoms with van der Waals surface area (Å²) in [7, 11) is 1.91. The van der Waals surface area contributed by atoms with Gasteiger partial charge in [0, 0.05) is 69.0 Å². The van der Waals surface area contributed by atoms with Gasteiger partial charge in [-0.1, -0.05) is 29.8 Å². The first-order valence-corrected chi connectivity index (χ1v) is 13.3. The van der Waals surface area contributed by atoms with Gasteiger partial charge in [0.05, 0.1) is 6.20 Å². The van der Waals surface area contributed by atoms with Crippen LogP contribution < -0.4 is 15.1 Å². The van der Waals surface area contributed by atoms with E-state index in [0.717, 1.165) is 49.1 Å². The molecular weight excluding hydrogens is 488 g/mol. The van der Waals surface area contributed by atoms with E-state index in [0.29, 0.717) is 24.7 Å². The predicted molar refractivity (Wildman–Crippen MR) is 145 cm³/mol. The second-order valence-corrected chi connectivity index (χ2v) is 10.8. The highest BCUT2D eigenvalue weighted by molar-refractivity contribution is 6.30. The molecule has 4 heterocycles. The van der Waals surface area contributed by atoms with Crippen molar-refractivity contribution in [3.8, 4) is 11.4 Å². The minimum Gasteiger partial charge on any atom is -0.371 e. The third-order valence-electron chi connectivity index (χ3n) is 7.85. The lowest BCUT2D eigenvalue weighted by atomic mass is 9.96. The monoisotopic (exact) mass is 518 g/mol. The molecule has 9 heteroatoms. The van der Waals surface area contributed by atoms with Crippen molar-refractivity contribution in [2.24, 2.45) is 13.0 Å². The van der Waals surface area contributed by atoms with E-state index >= 15 is 0 Å². The minimum absolute atomic E-state index is 0.238. The largest absolute Gasteiger partial charge is 0.371 e. The summed E-state index contributed by atoms with van der Waals surface area (Å²) in [4.78, 5) is 35.0. The molecule has 2 aromatic carbocycles. The Kier molecular flexibility index (Phi) is 6.38. The number of hydrogen-bond donors (Lipinski definition) is 1. The van der Waals surface area contributed by atoms with E-state index in [1.807, 2.05) is 23.7 Å². The fourth-order valence-electron chi connectivity index (χ4n) is 5.85. The van der Waals surface area contributed by atoms with Crippen molar-refractivity contribution in [3.05, 3.63) is 64.8 Å². The van der Waals surface area contributed by atoms with E-state index in [-0.39, 0.29) is 5.91 Å². The van der Waals surface area contributed by atoms with Crippen LogP contribution in [0.3, 0.4) is 0 Å². The van der Waals surface area contributed by atoms with Crippen LogP contribution in [0.15, 0.2) is 48.7 Å². The maximum atomic E-state index is 12.3. The first kappa shape index (κ1) is 24.0. The molecule has 0 bridgehead atoms. The second kappa shape index (κ2) is 9.84. The summed E-state index contributed by atoms with van der Waals surface area (Å²) in [6.45, 7) is 5.55. The number of nitrogens with one attached hydrogen (secondary N) is 1. The van der Waals surface area contributed by atoms with Crippen LogP contribution in [-0.2, 0) is 24.9 Å². The molecular formula is C28H31ClN6O2. The number of piperidine rings is 1. The lowest BCUT2D eigenvalue weighted by Crippen LogP contribution is -2.50. The van der Waals surface area contributed by atoms with Gasteiger partial charge in [0.25, 0.3) is 0 Å². The smallest absolute Gasteiger partial charge is 0.329 e. The zero-order valence-corrected chi connectivity index (χ0v) is 21.7. The highest BCUT2D eigenvalue weighted by Crippen LogP contribution is 2.32. The van der Waals surface area contributed by atoms with Gasteiger partial charge >= 0.3 is 6.03 Å². The summed E-state index contributed by atoms with van der Waals surface area (Å²) >= 11 is 6.19. The van der Waals surface area contributed by atoms with Crippen LogP contribution in [-0.4, -0.2) is 52.6 Å². The van der Waals surface area contributed by atoms with E-state index in [1.54, 1.807) is 11.1 Å². The Bertz CT molecular complexity index is 1350. The molecule has 0 spiro atoms. The lowest BCUT2D eigenvalue weighted by Gasteiger charge is -2.35. The van der Waals surface area contributed by atoms with Gasteiger partial charge in [0.2, 0.25) is 5.91 Å². The molecule has 8 nitrogen and oxygen atoms in total. The number of rotatable bonds is 5. The molecule has 0 aliphatic carbocycles. The number of carbonyl (C=O) groups is 2. The maximum absolute atomic E-state index is 12.3. The van der Waals surface area contributed by atoms with Gasteiger partial charge in [0.15, 0.2) is 0 Å². The van der Waals surface area contributed by atoms with Crippen molar-refractivity contribution in [2.75, 3.05) is 36.0 Å². The molecule has 6 rings (SSSR count). The van der Waals surface area contributed by atoms with Crippen LogP contribution in [0.4, 0.5) is 16.3 Å². The van der Waals surface area contributed by atoms with Gasteiger partial charge in [0.1, 0.15) is 11.6 Å². The van der Waals surface area contributed by atoms with E-state index < -0.39 is 6.03 Å². The molecule has 3 aliphatic rings. The number of fused-ring (bicyclic) bond motifs is 1. The Morgan fingerprint density at radius 2 is 1.84 bits per heavy atom. The molecule has 0 atom stereocenters. The summed E-state index contributed by atoms with van der Waals surface area (Å²) in [5.41, 5.74) is 4.99. The van der Waals surface area contributed by atoms with Crippen LogP contribution in [0.2, 0.25) is 5.02 Å². The number of imide groups is 1. The van der Waals surface area contributed by atoms with Gasteiger partial charge in [-0.05, 0) is 54.2 Å². The first-order chi connectivity index (χ1) is 17.9. The molecule has 3 aliphatic heterocycles. The molecule has 0 saturated carbocycles. The molecule has 3 amide bonds. The number of hydrogen-bond acceptors (Lipinski definition) is 5. The zero-order chi connectivity index (χ0) is 25.5. The third-order valence-corrected chi connectivity index (χ3v) is 8.09. The summed E-state index contributed by atoms with van der Waals surface area (Å²) in [5, 5.41) is 3.18. The second-order valence-electron chi connectivity index (χ2n) is 10.3. The number of urea groups is 1. The molecule has 2 fully saturated rings. The number of nitrogens with zero attached hydrogens (tertiary/aromatic N) is 5. The Morgan fingerprint density at radius 3 is 2.62 bits per heavy atom. The number of anilines is 2. The van der Waals surface area contributed by atoms with E-state index in [2.05, 4.69) is 50.4 Å². The molecule has 0 unspecified atom stereocenters. The summed E-state index contributed by atoms with van der Waals surface area (Å²) in [5.74, 6) is 1.96. The van der Waals surface area contributed by atoms with Crippen LogP contribution >= 0.6 is 11.6 Å². The highest BCUT2D eigenvalue weighted by Gasteiger charge is 2.28. The van der Waals surface area contributed by atoms with Crippen molar-refractivity contribution in [3.63, 3.8) is 0 Å². The molecule has 1 N–H and O–H groups in total. The van der Waals surface area contributed by atoms with Gasteiger partial charge < -0.3 is 9.47 Å². The topological polar surface area (TPSA) is 73.7 Å². The average molecular weight is 519 g/mol. The molecule has 3 aromatic rings. The number of imidazole rings is 1. The fourth-order valence-corrected chi connectivity index (χ4v) is 6.03. The number of amides is 3. The van der Waals surface area contributed by atoms with Crippen molar-refractivity contribution in [1.82, 2.24) is 19.8 Å². The normalized spacial score (nSPS) is 18.9. The standard InChI is InChI=1S/C28H31ClN6O2/c1-32-26(35-12-9-25(36)31-28(35)37)15-30-27(32)20-5-6-21-17-33(18-22(21)13-20)16-19-7-10-34(11-8-19)24-4-2-3-23(29)14-24/h2-6,13-15,19H,7-12,16-18H2,1H3,(H,31,36,37). The Morgan fingerprint density at radius 1 is 1.03 bits per heavy atom. The van der Waals surface area contributed by atoms with Crippen molar-refractivity contribution < 1.29 is 9.59 Å². The van der Waals surface area contributed by atoms with E-state index in [9.17, 15) is 9.59 Å². The number of halogens is 1. The van der Waals surface area contributed by atoms with Crippen molar-refractivity contribution in [2.45, 2.75) is 32.4 Å². The van der Waals surface area contributed by atoms with Crippen molar-refractivity contribution >= 4 is 35.0 Å². The number of aromatic nitrogens is 2. The zero-order valence-electron chi connectivity index (χ0n) is 21.0. The molecule has 37 heavy (non-hydrogen) atoms. The molecule has 192 valence electrons. The molecule has 0 radical (unpaired) electrons. The Hall–Kier alpha value is -3.36. The summed E-state index contributed by atoms with van der Waals surface area (Å²) in [6.07, 6.45) is 4.38. The number of carbonyl (C=O) groups excluding carboxylic acids is 2. The fraction of sp³-hybridized carbons (Fsp3) is 0.393. The van der Waals surface area contributed by atoms with Crippen molar-refractivity contribution in [1.29, 1.82) is 0 Å². The van der Waals surface area contributed by atoms with E-state index in [4.69, 9.17) is 11.6 Å². The Balaban J connectivity index is 1.09. The first-order valence-electron chi connectivity index (χ1n) is 12.9. The van der Waals surface area contributed by atoms with Crippen LogP contribution in [0.5, 0.6) is 0 Å². The molecule has 2 saturated heterocycles. The predicted octanol–water partition coefficient (Wildman–Crippen LogP) is 4.42. The van der Waals surface area contributed by atoms with Crippen LogP contribution in [0.25, 0.3) is 11.4 Å². The summed E-state index contributed by atoms with van der Waals surface area (Å²) in [6, 6.07) is 14.3. The highest BCUT2D eigenvalue weighted by atomic mass is 35.5. The van der Waals surface area contributed by atoms with Gasteiger partial charge in [-0.3, -0.25) is 19.9 Å². The minimum atomic E-state index is -0.395. The van der Waals surface area contributed by atoms with Crippen LogP contribution in [0.1, 0.15) is 30.4 Å². The van der Waals surface area contributed by atoms with Gasteiger partial charge in [-0.2, -0.15) is 0 Å². The van der Waals surface area contributed by atoms with E-state index in [1.165, 1.54) is 29.7 Å².